The van der Waals surface area contributed by atoms with Gasteiger partial charge < -0.3 is 19.5 Å². The molecule has 0 fully saturated rings. The van der Waals surface area contributed by atoms with E-state index in [1.54, 1.807) is 31.4 Å². The van der Waals surface area contributed by atoms with E-state index in [2.05, 4.69) is 32.2 Å². The lowest BCUT2D eigenvalue weighted by Gasteiger charge is -2.33. The van der Waals surface area contributed by atoms with Gasteiger partial charge in [0.15, 0.2) is 0 Å². The molecule has 1 N–H and O–H groups in total. The van der Waals surface area contributed by atoms with E-state index in [-0.39, 0.29) is 24.5 Å². The van der Waals surface area contributed by atoms with Crippen molar-refractivity contribution < 1.29 is 23.8 Å². The van der Waals surface area contributed by atoms with Crippen molar-refractivity contribution in [3.05, 3.63) is 119 Å². The lowest BCUT2D eigenvalue weighted by molar-refractivity contribution is -0.133. The Kier molecular flexibility index (Phi) is 8.16. The summed E-state index contributed by atoms with van der Waals surface area (Å²) in [7, 11) is 1.58. The summed E-state index contributed by atoms with van der Waals surface area (Å²) in [6.45, 7) is 8.35. The number of carbonyl (C=O) groups is 2. The fourth-order valence-electron chi connectivity index (χ4n) is 5.40. The molecule has 0 spiro atoms. The van der Waals surface area contributed by atoms with Gasteiger partial charge in [0.1, 0.15) is 18.1 Å². The molecule has 1 aliphatic heterocycles. The van der Waals surface area contributed by atoms with E-state index in [0.717, 1.165) is 44.6 Å². The maximum atomic E-state index is 13.0. The number of hydrogen-bond donors (Lipinski definition) is 1. The average Bonchev–Trinajstić information content (AvgIpc) is 2.96. The number of aryl methyl sites for hydroxylation is 1. The lowest BCUT2D eigenvalue weighted by Crippen LogP contribution is -2.32. The van der Waals surface area contributed by atoms with Crippen molar-refractivity contribution in [2.24, 2.45) is 0 Å². The van der Waals surface area contributed by atoms with E-state index >= 15 is 0 Å². The Balaban J connectivity index is 1.49. The van der Waals surface area contributed by atoms with Gasteiger partial charge in [-0.3, -0.25) is 4.79 Å². The van der Waals surface area contributed by atoms with Crippen LogP contribution in [0.25, 0.3) is 16.7 Å². The Labute approximate surface area is 247 Å². The van der Waals surface area contributed by atoms with Crippen LogP contribution in [0, 0.1) is 6.92 Å². The normalized spacial score (nSPS) is 13.3. The van der Waals surface area contributed by atoms with Gasteiger partial charge >= 0.3 is 11.9 Å². The number of carbonyl (C=O) groups excluding carboxylic acids is 2. The first kappa shape index (κ1) is 28.7. The SMILES string of the molecule is COc1cc(OC(=O)Cc2ccccc2)ccc1-c1ccc2c(c1COC(=O)c1ccc(C)cc1)C(C)=CC(C)(C)N2. The third kappa shape index (κ3) is 6.39. The number of ether oxygens (including phenoxy) is 3. The van der Waals surface area contributed by atoms with E-state index in [9.17, 15) is 9.59 Å². The summed E-state index contributed by atoms with van der Waals surface area (Å²) in [6.07, 6.45) is 2.35. The zero-order valence-corrected chi connectivity index (χ0v) is 24.6. The molecule has 0 saturated carbocycles. The molecular formula is C36H35NO5. The van der Waals surface area contributed by atoms with Gasteiger partial charge in [-0.1, -0.05) is 60.2 Å². The molecule has 4 aromatic carbocycles. The van der Waals surface area contributed by atoms with Crippen LogP contribution in [0.3, 0.4) is 0 Å². The smallest absolute Gasteiger partial charge is 0.338 e. The summed E-state index contributed by atoms with van der Waals surface area (Å²) in [4.78, 5) is 25.6. The minimum absolute atomic E-state index is 0.0650. The molecule has 0 unspecified atom stereocenters. The largest absolute Gasteiger partial charge is 0.496 e. The molecule has 6 heteroatoms. The molecule has 0 radical (unpaired) electrons. The second kappa shape index (κ2) is 12.0. The summed E-state index contributed by atoms with van der Waals surface area (Å²) in [5.74, 6) is 0.179. The standard InChI is InChI=1S/C36H35NO5/c1-23-11-13-26(14-12-23)35(39)41-22-30-28(17-18-31-34(30)24(2)21-36(3,4)37-31)29-16-15-27(20-32(29)40-5)42-33(38)19-25-9-7-6-8-10-25/h6-18,20-21,37H,19,22H2,1-5H3. The third-order valence-corrected chi connectivity index (χ3v) is 7.26. The van der Waals surface area contributed by atoms with Crippen LogP contribution in [0.4, 0.5) is 5.69 Å². The van der Waals surface area contributed by atoms with Gasteiger partial charge in [0, 0.05) is 28.4 Å². The van der Waals surface area contributed by atoms with Crippen LogP contribution in [0.2, 0.25) is 0 Å². The summed E-state index contributed by atoms with van der Waals surface area (Å²) in [5.41, 5.74) is 7.78. The van der Waals surface area contributed by atoms with E-state index in [0.29, 0.717) is 17.1 Å². The second-order valence-electron chi connectivity index (χ2n) is 11.1. The summed E-state index contributed by atoms with van der Waals surface area (Å²) in [5, 5.41) is 3.58. The Morgan fingerprint density at radius 2 is 1.57 bits per heavy atom. The highest BCUT2D eigenvalue weighted by molar-refractivity contribution is 5.91. The molecule has 0 aromatic heterocycles. The van der Waals surface area contributed by atoms with Crippen molar-refractivity contribution in [1.29, 1.82) is 0 Å². The van der Waals surface area contributed by atoms with Crippen LogP contribution in [0.5, 0.6) is 11.5 Å². The summed E-state index contributed by atoms with van der Waals surface area (Å²) in [6, 6.07) is 26.2. The fourth-order valence-corrected chi connectivity index (χ4v) is 5.40. The maximum Gasteiger partial charge on any atom is 0.338 e. The quantitative estimate of drug-likeness (QED) is 0.175. The Bertz CT molecular complexity index is 1650. The van der Waals surface area contributed by atoms with E-state index in [4.69, 9.17) is 14.2 Å². The van der Waals surface area contributed by atoms with Gasteiger partial charge in [0.25, 0.3) is 0 Å². The molecule has 0 aliphatic carbocycles. The number of nitrogens with one attached hydrogen (secondary N) is 1. The first-order chi connectivity index (χ1) is 20.1. The number of methoxy groups -OCH3 is 1. The topological polar surface area (TPSA) is 73.9 Å². The molecular weight excluding hydrogens is 526 g/mol. The van der Waals surface area contributed by atoms with Crippen LogP contribution < -0.4 is 14.8 Å². The molecule has 1 aliphatic rings. The van der Waals surface area contributed by atoms with Crippen LogP contribution in [-0.2, 0) is 22.6 Å². The molecule has 6 nitrogen and oxygen atoms in total. The highest BCUT2D eigenvalue weighted by Gasteiger charge is 2.27. The van der Waals surface area contributed by atoms with Crippen molar-refractivity contribution in [1.82, 2.24) is 0 Å². The van der Waals surface area contributed by atoms with Gasteiger partial charge in [-0.25, -0.2) is 4.79 Å². The number of fused-ring (bicyclic) bond motifs is 1. The number of hydrogen-bond acceptors (Lipinski definition) is 6. The minimum atomic E-state index is -0.392. The van der Waals surface area contributed by atoms with Crippen molar-refractivity contribution in [2.45, 2.75) is 46.3 Å². The highest BCUT2D eigenvalue weighted by atomic mass is 16.5. The van der Waals surface area contributed by atoms with Crippen molar-refractivity contribution in [3.63, 3.8) is 0 Å². The molecule has 42 heavy (non-hydrogen) atoms. The highest BCUT2D eigenvalue weighted by Crippen LogP contribution is 2.43. The van der Waals surface area contributed by atoms with Crippen molar-refractivity contribution in [2.75, 3.05) is 12.4 Å². The van der Waals surface area contributed by atoms with E-state index in [1.165, 1.54) is 0 Å². The molecule has 5 rings (SSSR count). The van der Waals surface area contributed by atoms with Crippen LogP contribution in [-0.4, -0.2) is 24.6 Å². The number of rotatable bonds is 8. The number of benzene rings is 4. The predicted octanol–water partition coefficient (Wildman–Crippen LogP) is 7.78. The maximum absolute atomic E-state index is 13.0. The summed E-state index contributed by atoms with van der Waals surface area (Å²) >= 11 is 0. The molecule has 0 atom stereocenters. The Morgan fingerprint density at radius 1 is 0.857 bits per heavy atom. The van der Waals surface area contributed by atoms with Crippen molar-refractivity contribution >= 4 is 23.2 Å². The Morgan fingerprint density at radius 3 is 2.29 bits per heavy atom. The molecule has 0 amide bonds. The molecule has 0 saturated heterocycles. The van der Waals surface area contributed by atoms with Gasteiger partial charge in [0.05, 0.1) is 24.6 Å². The minimum Gasteiger partial charge on any atom is -0.496 e. The van der Waals surface area contributed by atoms with Gasteiger partial charge in [-0.15, -0.1) is 0 Å². The predicted molar refractivity (Wildman–Crippen MR) is 166 cm³/mol. The molecule has 1 heterocycles. The molecule has 0 bridgehead atoms. The van der Waals surface area contributed by atoms with E-state index < -0.39 is 5.97 Å². The monoisotopic (exact) mass is 561 g/mol. The lowest BCUT2D eigenvalue weighted by atomic mass is 9.85. The molecule has 214 valence electrons. The van der Waals surface area contributed by atoms with Crippen LogP contribution >= 0.6 is 0 Å². The molecule has 4 aromatic rings. The van der Waals surface area contributed by atoms with Crippen LogP contribution in [0.15, 0.2) is 91.0 Å². The zero-order chi connectivity index (χ0) is 29.9. The van der Waals surface area contributed by atoms with Crippen LogP contribution in [0.1, 0.15) is 53.4 Å². The number of anilines is 1. The number of allylic oxidation sites excluding steroid dienone is 1. The third-order valence-electron chi connectivity index (χ3n) is 7.26. The number of esters is 2. The van der Waals surface area contributed by atoms with Gasteiger partial charge in [-0.2, -0.15) is 0 Å². The van der Waals surface area contributed by atoms with Gasteiger partial charge in [0.2, 0.25) is 0 Å². The summed E-state index contributed by atoms with van der Waals surface area (Å²) < 4.78 is 17.3. The average molecular weight is 562 g/mol. The van der Waals surface area contributed by atoms with Gasteiger partial charge in [-0.05, 0) is 74.7 Å². The second-order valence-corrected chi connectivity index (χ2v) is 11.1. The Hall–Kier alpha value is -4.84. The first-order valence-corrected chi connectivity index (χ1v) is 13.9. The fraction of sp³-hybridized carbons (Fsp3) is 0.222. The van der Waals surface area contributed by atoms with Crippen molar-refractivity contribution in [3.8, 4) is 22.6 Å². The van der Waals surface area contributed by atoms with E-state index in [1.807, 2.05) is 67.6 Å². The zero-order valence-electron chi connectivity index (χ0n) is 24.6. The first-order valence-electron chi connectivity index (χ1n) is 13.9.